The molecule has 0 aromatic carbocycles. The first-order valence-electron chi connectivity index (χ1n) is 6.61. The molecule has 2 amide bonds. The van der Waals surface area contributed by atoms with Gasteiger partial charge in [-0.2, -0.15) is 0 Å². The van der Waals surface area contributed by atoms with Gasteiger partial charge in [-0.1, -0.05) is 13.8 Å². The number of amides is 2. The highest BCUT2D eigenvalue weighted by Gasteiger charge is 2.22. The Labute approximate surface area is 118 Å². The van der Waals surface area contributed by atoms with Crippen molar-refractivity contribution in [3.05, 3.63) is 18.2 Å². The molecule has 1 heterocycles. The van der Waals surface area contributed by atoms with Crippen molar-refractivity contribution in [3.8, 4) is 0 Å². The van der Waals surface area contributed by atoms with Crippen LogP contribution >= 0.6 is 0 Å². The van der Waals surface area contributed by atoms with Crippen molar-refractivity contribution in [2.45, 2.75) is 32.7 Å². The molecule has 1 atom stereocenters. The predicted molar refractivity (Wildman–Crippen MR) is 74.3 cm³/mol. The normalized spacial score (nSPS) is 12.2. The third kappa shape index (κ3) is 5.29. The van der Waals surface area contributed by atoms with E-state index in [1.54, 1.807) is 13.2 Å². The molecule has 0 aliphatic heterocycles. The van der Waals surface area contributed by atoms with Crippen molar-refractivity contribution < 1.29 is 14.7 Å². The van der Waals surface area contributed by atoms with E-state index in [9.17, 15) is 9.59 Å². The SMILES string of the molecule is CC(C)CCN(C)C(=O)N[C@@H](Cc1cnc[nH]1)C(=O)O. The molecule has 1 aromatic rings. The van der Waals surface area contributed by atoms with Crippen LogP contribution in [0.3, 0.4) is 0 Å². The molecule has 1 rings (SSSR count). The van der Waals surface area contributed by atoms with Crippen LogP contribution < -0.4 is 5.32 Å². The minimum atomic E-state index is -1.06. The average molecular weight is 282 g/mol. The molecule has 0 aliphatic carbocycles. The van der Waals surface area contributed by atoms with Gasteiger partial charge in [-0.25, -0.2) is 14.6 Å². The van der Waals surface area contributed by atoms with Gasteiger partial charge in [0.2, 0.25) is 0 Å². The summed E-state index contributed by atoms with van der Waals surface area (Å²) >= 11 is 0. The molecule has 3 N–H and O–H groups in total. The maximum absolute atomic E-state index is 11.9. The maximum atomic E-state index is 11.9. The monoisotopic (exact) mass is 282 g/mol. The topological polar surface area (TPSA) is 98.3 Å². The summed E-state index contributed by atoms with van der Waals surface area (Å²) in [6, 6.07) is -1.35. The van der Waals surface area contributed by atoms with Crippen molar-refractivity contribution in [2.75, 3.05) is 13.6 Å². The molecular weight excluding hydrogens is 260 g/mol. The predicted octanol–water partition coefficient (Wildman–Crippen LogP) is 1.09. The number of nitrogens with one attached hydrogen (secondary N) is 2. The first-order valence-corrected chi connectivity index (χ1v) is 6.61. The van der Waals surface area contributed by atoms with Crippen LogP contribution in [0.1, 0.15) is 26.0 Å². The summed E-state index contributed by atoms with van der Waals surface area (Å²) in [7, 11) is 1.66. The van der Waals surface area contributed by atoms with Crippen LogP contribution in [0.25, 0.3) is 0 Å². The summed E-state index contributed by atoms with van der Waals surface area (Å²) in [5.41, 5.74) is 0.669. The number of carbonyl (C=O) groups excluding carboxylic acids is 1. The first kappa shape index (κ1) is 16.0. The molecule has 7 nitrogen and oxygen atoms in total. The zero-order valence-electron chi connectivity index (χ0n) is 12.1. The fraction of sp³-hybridized carbons (Fsp3) is 0.615. The minimum Gasteiger partial charge on any atom is -0.480 e. The highest BCUT2D eigenvalue weighted by Crippen LogP contribution is 2.03. The third-order valence-electron chi connectivity index (χ3n) is 2.96. The summed E-state index contributed by atoms with van der Waals surface area (Å²) < 4.78 is 0. The molecule has 0 unspecified atom stereocenters. The lowest BCUT2D eigenvalue weighted by atomic mass is 10.1. The number of hydrogen-bond acceptors (Lipinski definition) is 3. The second-order valence-electron chi connectivity index (χ2n) is 5.23. The molecule has 1 aromatic heterocycles. The van der Waals surface area contributed by atoms with Gasteiger partial charge in [0, 0.05) is 31.9 Å². The fourth-order valence-electron chi connectivity index (χ4n) is 1.63. The Morgan fingerprint density at radius 2 is 2.20 bits per heavy atom. The molecule has 0 saturated heterocycles. The Morgan fingerprint density at radius 1 is 1.50 bits per heavy atom. The molecule has 0 radical (unpaired) electrons. The lowest BCUT2D eigenvalue weighted by Crippen LogP contribution is -2.48. The molecule has 0 bridgehead atoms. The summed E-state index contributed by atoms with van der Waals surface area (Å²) in [4.78, 5) is 31.3. The quantitative estimate of drug-likeness (QED) is 0.697. The number of carboxylic acid groups (broad SMARTS) is 1. The van der Waals surface area contributed by atoms with E-state index in [0.717, 1.165) is 6.42 Å². The number of imidazole rings is 1. The smallest absolute Gasteiger partial charge is 0.326 e. The number of carboxylic acids is 1. The van der Waals surface area contributed by atoms with E-state index < -0.39 is 12.0 Å². The highest BCUT2D eigenvalue weighted by atomic mass is 16.4. The van der Waals surface area contributed by atoms with Crippen molar-refractivity contribution in [3.63, 3.8) is 0 Å². The molecule has 0 fully saturated rings. The van der Waals surface area contributed by atoms with Crippen LogP contribution in [0, 0.1) is 5.92 Å². The number of nitrogens with zero attached hydrogens (tertiary/aromatic N) is 2. The average Bonchev–Trinajstić information content (AvgIpc) is 2.87. The van der Waals surface area contributed by atoms with Crippen LogP contribution in [0.5, 0.6) is 0 Å². The number of carbonyl (C=O) groups is 2. The minimum absolute atomic E-state index is 0.180. The van der Waals surface area contributed by atoms with E-state index in [-0.39, 0.29) is 12.5 Å². The lowest BCUT2D eigenvalue weighted by molar-refractivity contribution is -0.139. The Kier molecular flexibility index (Phi) is 6.02. The molecule has 0 spiro atoms. The Hall–Kier alpha value is -2.05. The van der Waals surface area contributed by atoms with E-state index in [1.807, 2.05) is 0 Å². The maximum Gasteiger partial charge on any atom is 0.326 e. The zero-order valence-corrected chi connectivity index (χ0v) is 12.1. The van der Waals surface area contributed by atoms with Gasteiger partial charge in [-0.15, -0.1) is 0 Å². The van der Waals surface area contributed by atoms with Crippen LogP contribution in [0.2, 0.25) is 0 Å². The van der Waals surface area contributed by atoms with E-state index in [2.05, 4.69) is 29.1 Å². The van der Waals surface area contributed by atoms with Crippen molar-refractivity contribution in [2.24, 2.45) is 5.92 Å². The number of H-pyrrole nitrogens is 1. The van der Waals surface area contributed by atoms with Crippen LogP contribution in [-0.4, -0.2) is 51.6 Å². The number of aliphatic carboxylic acids is 1. The highest BCUT2D eigenvalue weighted by molar-refractivity contribution is 5.82. The Balaban J connectivity index is 2.52. The summed E-state index contributed by atoms with van der Waals surface area (Å²) in [6.07, 6.45) is 4.08. The molecule has 20 heavy (non-hydrogen) atoms. The molecular formula is C13H22N4O3. The van der Waals surface area contributed by atoms with Crippen molar-refractivity contribution >= 4 is 12.0 Å². The Morgan fingerprint density at radius 3 is 2.70 bits per heavy atom. The molecule has 0 aliphatic rings. The van der Waals surface area contributed by atoms with E-state index in [4.69, 9.17) is 5.11 Å². The van der Waals surface area contributed by atoms with Gasteiger partial charge in [0.25, 0.3) is 0 Å². The van der Waals surface area contributed by atoms with E-state index in [0.29, 0.717) is 18.2 Å². The standard InChI is InChI=1S/C13H22N4O3/c1-9(2)4-5-17(3)13(20)16-11(12(18)19)6-10-7-14-8-15-10/h7-9,11H,4-6H2,1-3H3,(H,14,15)(H,16,20)(H,18,19)/t11-/m0/s1. The van der Waals surface area contributed by atoms with Gasteiger partial charge in [0.1, 0.15) is 6.04 Å². The van der Waals surface area contributed by atoms with E-state index >= 15 is 0 Å². The van der Waals surface area contributed by atoms with Gasteiger partial charge in [0.05, 0.1) is 6.33 Å². The number of rotatable bonds is 7. The van der Waals surface area contributed by atoms with Gasteiger partial charge in [-0.05, 0) is 12.3 Å². The fourth-order valence-corrected chi connectivity index (χ4v) is 1.63. The molecule has 0 saturated carbocycles. The van der Waals surface area contributed by atoms with E-state index in [1.165, 1.54) is 11.2 Å². The number of hydrogen-bond donors (Lipinski definition) is 3. The third-order valence-corrected chi connectivity index (χ3v) is 2.96. The van der Waals surface area contributed by atoms with Crippen LogP contribution in [0.15, 0.2) is 12.5 Å². The second kappa shape index (κ2) is 7.52. The van der Waals surface area contributed by atoms with Crippen molar-refractivity contribution in [1.29, 1.82) is 0 Å². The summed E-state index contributed by atoms with van der Waals surface area (Å²) in [5, 5.41) is 11.7. The summed E-state index contributed by atoms with van der Waals surface area (Å²) in [6.45, 7) is 4.74. The molecule has 112 valence electrons. The van der Waals surface area contributed by atoms with Crippen LogP contribution in [0.4, 0.5) is 4.79 Å². The van der Waals surface area contributed by atoms with Gasteiger partial charge >= 0.3 is 12.0 Å². The first-order chi connectivity index (χ1) is 9.40. The lowest BCUT2D eigenvalue weighted by Gasteiger charge is -2.21. The number of aromatic nitrogens is 2. The van der Waals surface area contributed by atoms with Gasteiger partial charge < -0.3 is 20.3 Å². The zero-order chi connectivity index (χ0) is 15.1. The van der Waals surface area contributed by atoms with Gasteiger partial charge in [0.15, 0.2) is 0 Å². The number of aromatic amines is 1. The van der Waals surface area contributed by atoms with Crippen LogP contribution in [-0.2, 0) is 11.2 Å². The second-order valence-corrected chi connectivity index (χ2v) is 5.23. The number of urea groups is 1. The van der Waals surface area contributed by atoms with Crippen molar-refractivity contribution in [1.82, 2.24) is 20.2 Å². The molecule has 7 heteroatoms. The largest absolute Gasteiger partial charge is 0.480 e. The summed E-state index contributed by atoms with van der Waals surface area (Å²) in [5.74, 6) is -0.573. The van der Waals surface area contributed by atoms with Gasteiger partial charge in [-0.3, -0.25) is 0 Å². The Bertz CT molecular complexity index is 431.